The normalized spacial score (nSPS) is 13.0. The van der Waals surface area contributed by atoms with E-state index in [1.807, 2.05) is 6.07 Å². The van der Waals surface area contributed by atoms with Crippen LogP contribution in [0.3, 0.4) is 0 Å². The van der Waals surface area contributed by atoms with Crippen molar-refractivity contribution in [1.82, 2.24) is 0 Å². The molecule has 0 spiro atoms. The second-order valence-corrected chi connectivity index (χ2v) is 5.01. The number of carbonyl (C=O) groups excluding carboxylic acids is 2. The quantitative estimate of drug-likeness (QED) is 0.799. The fourth-order valence-electron chi connectivity index (χ4n) is 2.38. The molecule has 0 N–H and O–H groups in total. The lowest BCUT2D eigenvalue weighted by Gasteiger charge is -2.17. The number of hydrogen-bond acceptors (Lipinski definition) is 4. The Bertz CT molecular complexity index is 820. The molecular formula is C16H9ClN2O3. The fourth-order valence-corrected chi connectivity index (χ4v) is 2.62. The first-order chi connectivity index (χ1) is 10.6. The van der Waals surface area contributed by atoms with Gasteiger partial charge in [0.05, 0.1) is 34.5 Å². The van der Waals surface area contributed by atoms with Gasteiger partial charge < -0.3 is 4.74 Å². The second-order valence-electron chi connectivity index (χ2n) is 4.61. The number of anilines is 1. The van der Waals surface area contributed by atoms with Gasteiger partial charge >= 0.3 is 0 Å². The summed E-state index contributed by atoms with van der Waals surface area (Å²) >= 11 is 5.98. The molecule has 108 valence electrons. The number of nitriles is 1. The first-order valence-electron chi connectivity index (χ1n) is 6.34. The van der Waals surface area contributed by atoms with Gasteiger partial charge in [0.25, 0.3) is 11.8 Å². The molecule has 3 rings (SSSR count). The number of amides is 2. The molecule has 2 aromatic carbocycles. The maximum Gasteiger partial charge on any atom is 0.266 e. The third kappa shape index (κ3) is 1.93. The molecule has 0 atom stereocenters. The van der Waals surface area contributed by atoms with E-state index >= 15 is 0 Å². The molecule has 6 heteroatoms. The summed E-state index contributed by atoms with van der Waals surface area (Å²) in [5.74, 6) is -0.657. The minimum Gasteiger partial charge on any atom is -0.495 e. The van der Waals surface area contributed by atoms with Crippen LogP contribution in [-0.2, 0) is 0 Å². The van der Waals surface area contributed by atoms with E-state index in [0.717, 1.165) is 4.90 Å². The molecule has 0 aliphatic carbocycles. The smallest absolute Gasteiger partial charge is 0.266 e. The van der Waals surface area contributed by atoms with Gasteiger partial charge in [-0.05, 0) is 18.2 Å². The van der Waals surface area contributed by atoms with Gasteiger partial charge in [-0.1, -0.05) is 23.7 Å². The average molecular weight is 313 g/mol. The Hall–Kier alpha value is -2.84. The highest BCUT2D eigenvalue weighted by atomic mass is 35.5. The van der Waals surface area contributed by atoms with Gasteiger partial charge in [0, 0.05) is 6.07 Å². The summed E-state index contributed by atoms with van der Waals surface area (Å²) in [6.07, 6.45) is 0. The van der Waals surface area contributed by atoms with Crippen molar-refractivity contribution in [1.29, 1.82) is 5.26 Å². The molecule has 0 radical (unpaired) electrons. The highest BCUT2D eigenvalue weighted by molar-refractivity contribution is 6.35. The predicted octanol–water partition coefficient (Wildman–Crippen LogP) is 3.02. The van der Waals surface area contributed by atoms with Crippen molar-refractivity contribution in [2.45, 2.75) is 0 Å². The SMILES string of the molecule is COc1cc(N2C(=O)c3ccccc3C2=O)c(C#N)cc1Cl. The van der Waals surface area contributed by atoms with Gasteiger partial charge in [-0.3, -0.25) is 9.59 Å². The topological polar surface area (TPSA) is 70.4 Å². The fraction of sp³-hybridized carbons (Fsp3) is 0.0625. The summed E-state index contributed by atoms with van der Waals surface area (Å²) in [5, 5.41) is 9.49. The zero-order valence-electron chi connectivity index (χ0n) is 11.5. The standard InChI is InChI=1S/C16H9ClN2O3/c1-22-14-7-13(9(8-18)6-12(14)17)19-15(20)10-4-2-3-5-11(10)16(19)21/h2-7H,1H3. The van der Waals surface area contributed by atoms with Crippen molar-refractivity contribution in [3.63, 3.8) is 0 Å². The van der Waals surface area contributed by atoms with Crippen molar-refractivity contribution in [3.05, 3.63) is 58.1 Å². The van der Waals surface area contributed by atoms with Crippen LogP contribution in [0, 0.1) is 11.3 Å². The summed E-state index contributed by atoms with van der Waals surface area (Å²) in [4.78, 5) is 25.9. The van der Waals surface area contributed by atoms with Crippen LogP contribution in [0.1, 0.15) is 26.3 Å². The number of nitrogens with zero attached hydrogens (tertiary/aromatic N) is 2. The monoisotopic (exact) mass is 312 g/mol. The lowest BCUT2D eigenvalue weighted by molar-refractivity contribution is 0.0926. The molecule has 5 nitrogen and oxygen atoms in total. The number of methoxy groups -OCH3 is 1. The number of ether oxygens (including phenoxy) is 1. The van der Waals surface area contributed by atoms with Crippen LogP contribution >= 0.6 is 11.6 Å². The zero-order chi connectivity index (χ0) is 15.9. The van der Waals surface area contributed by atoms with Crippen molar-refractivity contribution < 1.29 is 14.3 Å². The van der Waals surface area contributed by atoms with Crippen molar-refractivity contribution in [2.24, 2.45) is 0 Å². The molecule has 0 saturated carbocycles. The van der Waals surface area contributed by atoms with Crippen LogP contribution in [0.5, 0.6) is 5.75 Å². The van der Waals surface area contributed by atoms with Crippen LogP contribution in [0.4, 0.5) is 5.69 Å². The first kappa shape index (κ1) is 14.1. The van der Waals surface area contributed by atoms with Gasteiger partial charge in [0.15, 0.2) is 0 Å². The molecule has 0 aromatic heterocycles. The van der Waals surface area contributed by atoms with E-state index in [2.05, 4.69) is 0 Å². The summed E-state index contributed by atoms with van der Waals surface area (Å²) in [6.45, 7) is 0. The summed E-state index contributed by atoms with van der Waals surface area (Å²) in [5.41, 5.74) is 0.908. The molecular weight excluding hydrogens is 304 g/mol. The number of rotatable bonds is 2. The molecule has 0 fully saturated rings. The number of halogens is 1. The second kappa shape index (κ2) is 5.17. The molecule has 1 aliphatic heterocycles. The summed E-state index contributed by atoms with van der Waals surface area (Å²) < 4.78 is 5.10. The van der Waals surface area contributed by atoms with Gasteiger partial charge in [0.1, 0.15) is 11.8 Å². The molecule has 1 aliphatic rings. The lowest BCUT2D eigenvalue weighted by Crippen LogP contribution is -2.30. The highest BCUT2D eigenvalue weighted by Crippen LogP contribution is 2.36. The Kier molecular flexibility index (Phi) is 3.32. The van der Waals surface area contributed by atoms with Crippen molar-refractivity contribution >= 4 is 29.1 Å². The predicted molar refractivity (Wildman–Crippen MR) is 80.3 cm³/mol. The third-order valence-electron chi connectivity index (χ3n) is 3.43. The van der Waals surface area contributed by atoms with Gasteiger partial charge in [-0.2, -0.15) is 5.26 Å². The molecule has 2 amide bonds. The number of hydrogen-bond donors (Lipinski definition) is 0. The molecule has 0 unspecified atom stereocenters. The Morgan fingerprint density at radius 1 is 1.14 bits per heavy atom. The average Bonchev–Trinajstić information content (AvgIpc) is 2.79. The minimum atomic E-state index is -0.471. The van der Waals surface area contributed by atoms with E-state index in [0.29, 0.717) is 11.1 Å². The van der Waals surface area contributed by atoms with Crippen LogP contribution in [0.2, 0.25) is 5.02 Å². The van der Waals surface area contributed by atoms with E-state index < -0.39 is 11.8 Å². The van der Waals surface area contributed by atoms with Crippen LogP contribution in [-0.4, -0.2) is 18.9 Å². The Morgan fingerprint density at radius 3 is 2.23 bits per heavy atom. The van der Waals surface area contributed by atoms with Crippen LogP contribution in [0.25, 0.3) is 0 Å². The van der Waals surface area contributed by atoms with Gasteiger partial charge in [-0.15, -0.1) is 0 Å². The molecule has 0 saturated heterocycles. The largest absolute Gasteiger partial charge is 0.495 e. The Balaban J connectivity index is 2.20. The van der Waals surface area contributed by atoms with E-state index in [1.165, 1.54) is 19.2 Å². The number of fused-ring (bicyclic) bond motifs is 1. The van der Waals surface area contributed by atoms with Crippen molar-refractivity contribution in [3.8, 4) is 11.8 Å². The van der Waals surface area contributed by atoms with Crippen LogP contribution < -0.4 is 9.64 Å². The van der Waals surface area contributed by atoms with E-state index in [9.17, 15) is 14.9 Å². The number of carbonyl (C=O) groups is 2. The summed E-state index contributed by atoms with van der Waals surface area (Å²) in [6, 6.07) is 11.3. The highest BCUT2D eigenvalue weighted by Gasteiger charge is 2.37. The van der Waals surface area contributed by atoms with Gasteiger partial charge in [0.2, 0.25) is 0 Å². The van der Waals surface area contributed by atoms with E-state index in [4.69, 9.17) is 16.3 Å². The zero-order valence-corrected chi connectivity index (χ0v) is 12.2. The maximum atomic E-state index is 12.5. The third-order valence-corrected chi connectivity index (χ3v) is 3.72. The molecule has 2 aromatic rings. The minimum absolute atomic E-state index is 0.125. The number of benzene rings is 2. The molecule has 1 heterocycles. The summed E-state index contributed by atoms with van der Waals surface area (Å²) in [7, 11) is 1.42. The molecule has 22 heavy (non-hydrogen) atoms. The molecule has 0 bridgehead atoms. The Morgan fingerprint density at radius 2 is 1.73 bits per heavy atom. The maximum absolute atomic E-state index is 12.5. The Labute approximate surface area is 131 Å². The van der Waals surface area contributed by atoms with Crippen LogP contribution in [0.15, 0.2) is 36.4 Å². The van der Waals surface area contributed by atoms with Crippen molar-refractivity contribution in [2.75, 3.05) is 12.0 Å². The van der Waals surface area contributed by atoms with E-state index in [1.54, 1.807) is 24.3 Å². The van der Waals surface area contributed by atoms with Gasteiger partial charge in [-0.25, -0.2) is 4.90 Å². The lowest BCUT2D eigenvalue weighted by atomic mass is 10.1. The first-order valence-corrected chi connectivity index (χ1v) is 6.71. The number of imide groups is 1. The van der Waals surface area contributed by atoms with E-state index in [-0.39, 0.29) is 22.0 Å².